The second-order valence-electron chi connectivity index (χ2n) is 3.15. The van der Waals surface area contributed by atoms with Gasteiger partial charge in [0, 0.05) is 18.2 Å². The van der Waals surface area contributed by atoms with Crippen LogP contribution in [0.5, 0.6) is 5.75 Å². The van der Waals surface area contributed by atoms with E-state index >= 15 is 0 Å². The smallest absolute Gasteiger partial charge is 0.162 e. The number of nitrogens with one attached hydrogen (secondary N) is 1. The Morgan fingerprint density at radius 2 is 2.07 bits per heavy atom. The average molecular weight is 205 g/mol. The van der Waals surface area contributed by atoms with E-state index in [0.29, 0.717) is 6.42 Å². The van der Waals surface area contributed by atoms with Crippen molar-refractivity contribution in [3.05, 3.63) is 36.0 Å². The molecular weight excluding hydrogens is 190 g/mol. The number of carbonyl (C=O) groups excluding carboxylic acids is 1. The van der Waals surface area contributed by atoms with Crippen LogP contribution in [0.25, 0.3) is 6.08 Å². The third-order valence-electron chi connectivity index (χ3n) is 1.92. The summed E-state index contributed by atoms with van der Waals surface area (Å²) in [7, 11) is 0. The first kappa shape index (κ1) is 11.3. The highest BCUT2D eigenvalue weighted by atomic mass is 16.6. The standard InChI is InChI=1S/C8H7NO.C4H8O/c1-2-4-8-7(3-1)5-6-9-10-8;1-3-4(2)5/h1-6,9H;3H2,1-2H3. The number of Topliss-reactive ketones (excluding diaryl/α,β-unsaturated/α-hetero) is 1. The van der Waals surface area contributed by atoms with Gasteiger partial charge in [-0.15, -0.1) is 0 Å². The summed E-state index contributed by atoms with van der Waals surface area (Å²) in [6.45, 7) is 3.43. The topological polar surface area (TPSA) is 38.3 Å². The van der Waals surface area contributed by atoms with E-state index in [4.69, 9.17) is 4.84 Å². The van der Waals surface area contributed by atoms with Crippen molar-refractivity contribution in [1.29, 1.82) is 0 Å². The normalized spacial score (nSPS) is 11.3. The second-order valence-corrected chi connectivity index (χ2v) is 3.15. The molecule has 3 heteroatoms. The molecule has 0 saturated heterocycles. The summed E-state index contributed by atoms with van der Waals surface area (Å²) in [5, 5.41) is 0. The van der Waals surface area contributed by atoms with E-state index in [2.05, 4.69) is 5.48 Å². The monoisotopic (exact) mass is 205 g/mol. The average Bonchev–Trinajstić information content (AvgIpc) is 2.30. The van der Waals surface area contributed by atoms with Gasteiger partial charge in [0.25, 0.3) is 0 Å². The Bertz CT molecular complexity index is 358. The first-order valence-corrected chi connectivity index (χ1v) is 4.91. The fraction of sp³-hybridized carbons (Fsp3) is 0.250. The van der Waals surface area contributed by atoms with E-state index in [1.54, 1.807) is 13.1 Å². The van der Waals surface area contributed by atoms with E-state index in [1.807, 2.05) is 37.3 Å². The molecule has 0 fully saturated rings. The number of benzene rings is 1. The molecule has 0 aromatic heterocycles. The van der Waals surface area contributed by atoms with Crippen molar-refractivity contribution in [1.82, 2.24) is 5.48 Å². The zero-order valence-electron chi connectivity index (χ0n) is 8.99. The van der Waals surface area contributed by atoms with E-state index in [9.17, 15) is 4.79 Å². The quantitative estimate of drug-likeness (QED) is 0.765. The molecule has 0 spiro atoms. The minimum atomic E-state index is 0.255. The van der Waals surface area contributed by atoms with E-state index in [0.717, 1.165) is 11.3 Å². The van der Waals surface area contributed by atoms with Gasteiger partial charge in [-0.2, -0.15) is 0 Å². The molecule has 80 valence electrons. The first-order valence-electron chi connectivity index (χ1n) is 4.91. The summed E-state index contributed by atoms with van der Waals surface area (Å²) in [6, 6.07) is 7.86. The van der Waals surface area contributed by atoms with Crippen LogP contribution in [0.1, 0.15) is 25.8 Å². The third kappa shape index (κ3) is 3.85. The molecule has 2 rings (SSSR count). The van der Waals surface area contributed by atoms with Crippen molar-refractivity contribution in [2.75, 3.05) is 0 Å². The highest BCUT2D eigenvalue weighted by molar-refractivity contribution is 5.74. The molecule has 1 heterocycles. The molecule has 3 nitrogen and oxygen atoms in total. The number of fused-ring (bicyclic) bond motifs is 1. The maximum Gasteiger partial charge on any atom is 0.162 e. The number of carbonyl (C=O) groups is 1. The Morgan fingerprint density at radius 1 is 1.40 bits per heavy atom. The molecule has 1 aliphatic rings. The molecule has 0 saturated carbocycles. The summed E-state index contributed by atoms with van der Waals surface area (Å²) in [4.78, 5) is 14.9. The minimum absolute atomic E-state index is 0.255. The van der Waals surface area contributed by atoms with Crippen LogP contribution < -0.4 is 10.3 Å². The number of hydroxylamine groups is 1. The molecule has 0 atom stereocenters. The summed E-state index contributed by atoms with van der Waals surface area (Å²) >= 11 is 0. The van der Waals surface area contributed by atoms with Crippen molar-refractivity contribution in [2.24, 2.45) is 0 Å². The fourth-order valence-corrected chi connectivity index (χ4v) is 0.932. The molecule has 15 heavy (non-hydrogen) atoms. The Morgan fingerprint density at radius 3 is 2.67 bits per heavy atom. The van der Waals surface area contributed by atoms with Crippen molar-refractivity contribution in [3.63, 3.8) is 0 Å². The van der Waals surface area contributed by atoms with Gasteiger partial charge < -0.3 is 9.63 Å². The fourth-order valence-electron chi connectivity index (χ4n) is 0.932. The highest BCUT2D eigenvalue weighted by Crippen LogP contribution is 2.20. The molecule has 1 aromatic rings. The Hall–Kier alpha value is -1.77. The summed E-state index contributed by atoms with van der Waals surface area (Å²) in [6.07, 6.45) is 4.40. The van der Waals surface area contributed by atoms with Gasteiger partial charge in [-0.1, -0.05) is 25.1 Å². The zero-order valence-corrected chi connectivity index (χ0v) is 8.99. The van der Waals surface area contributed by atoms with Crippen molar-refractivity contribution in [3.8, 4) is 5.75 Å². The molecule has 0 amide bonds. The van der Waals surface area contributed by atoms with Gasteiger partial charge in [0.2, 0.25) is 0 Å². The molecule has 1 aromatic carbocycles. The van der Waals surface area contributed by atoms with Gasteiger partial charge in [-0.3, -0.25) is 0 Å². The summed E-state index contributed by atoms with van der Waals surface area (Å²) in [5.74, 6) is 1.13. The highest BCUT2D eigenvalue weighted by Gasteiger charge is 2.01. The molecule has 1 aliphatic heterocycles. The van der Waals surface area contributed by atoms with Crippen LogP contribution in [-0.2, 0) is 4.79 Å². The molecular formula is C12H15NO2. The third-order valence-corrected chi connectivity index (χ3v) is 1.92. The zero-order chi connectivity index (χ0) is 11.1. The Kier molecular flexibility index (Phi) is 4.41. The maximum absolute atomic E-state index is 9.81. The van der Waals surface area contributed by atoms with Gasteiger partial charge in [-0.05, 0) is 19.1 Å². The van der Waals surface area contributed by atoms with Crippen LogP contribution in [0.3, 0.4) is 0 Å². The van der Waals surface area contributed by atoms with Crippen LogP contribution in [0.4, 0.5) is 0 Å². The van der Waals surface area contributed by atoms with E-state index in [-0.39, 0.29) is 5.78 Å². The lowest BCUT2D eigenvalue weighted by Gasteiger charge is -2.11. The molecule has 0 aliphatic carbocycles. The van der Waals surface area contributed by atoms with Gasteiger partial charge in [-0.25, -0.2) is 5.48 Å². The van der Waals surface area contributed by atoms with E-state index < -0.39 is 0 Å². The predicted molar refractivity (Wildman–Crippen MR) is 60.2 cm³/mol. The number of rotatable bonds is 1. The lowest BCUT2D eigenvalue weighted by molar-refractivity contribution is -0.116. The van der Waals surface area contributed by atoms with Crippen LogP contribution >= 0.6 is 0 Å². The van der Waals surface area contributed by atoms with Crippen LogP contribution in [0, 0.1) is 0 Å². The van der Waals surface area contributed by atoms with Crippen molar-refractivity contribution >= 4 is 11.9 Å². The lowest BCUT2D eigenvalue weighted by atomic mass is 10.2. The van der Waals surface area contributed by atoms with Crippen LogP contribution in [0.15, 0.2) is 30.5 Å². The molecule has 0 bridgehead atoms. The molecule has 0 radical (unpaired) electrons. The van der Waals surface area contributed by atoms with Crippen LogP contribution in [0.2, 0.25) is 0 Å². The van der Waals surface area contributed by atoms with Crippen molar-refractivity contribution in [2.45, 2.75) is 20.3 Å². The summed E-state index contributed by atoms with van der Waals surface area (Å²) in [5.41, 5.74) is 3.77. The maximum atomic E-state index is 9.81. The number of hydrogen-bond acceptors (Lipinski definition) is 3. The van der Waals surface area contributed by atoms with Gasteiger partial charge in [0.05, 0.1) is 0 Å². The number of para-hydroxylation sites is 1. The first-order chi connectivity index (χ1) is 7.24. The van der Waals surface area contributed by atoms with Crippen molar-refractivity contribution < 1.29 is 9.63 Å². The van der Waals surface area contributed by atoms with Gasteiger partial charge in [0.1, 0.15) is 5.78 Å². The van der Waals surface area contributed by atoms with Gasteiger partial charge in [0.15, 0.2) is 5.75 Å². The number of ketones is 1. The summed E-state index contributed by atoms with van der Waals surface area (Å²) < 4.78 is 0. The Labute approximate surface area is 89.7 Å². The minimum Gasteiger partial charge on any atom is -0.382 e. The van der Waals surface area contributed by atoms with Gasteiger partial charge >= 0.3 is 0 Å². The molecule has 0 unspecified atom stereocenters. The Balaban J connectivity index is 0.000000195. The van der Waals surface area contributed by atoms with Crippen LogP contribution in [-0.4, -0.2) is 5.78 Å². The largest absolute Gasteiger partial charge is 0.382 e. The predicted octanol–water partition coefficient (Wildman–Crippen LogP) is 2.54. The van der Waals surface area contributed by atoms with E-state index in [1.165, 1.54) is 0 Å². The second kappa shape index (κ2) is 5.86. The number of hydrogen-bond donors (Lipinski definition) is 1. The lowest BCUT2D eigenvalue weighted by Crippen LogP contribution is -2.13. The SMILES string of the molecule is C1=Cc2ccccc2ON1.CCC(C)=O. The molecule has 1 N–H and O–H groups in total.